The molecule has 4 rings (SSSR count). The summed E-state index contributed by atoms with van der Waals surface area (Å²) in [6.07, 6.45) is 1.49. The van der Waals surface area contributed by atoms with Crippen molar-refractivity contribution in [1.29, 1.82) is 0 Å². The highest BCUT2D eigenvalue weighted by Crippen LogP contribution is 2.25. The van der Waals surface area contributed by atoms with E-state index in [4.69, 9.17) is 11.6 Å². The normalized spacial score (nSPS) is 15.3. The van der Waals surface area contributed by atoms with E-state index in [0.717, 1.165) is 35.1 Å². The van der Waals surface area contributed by atoms with Crippen molar-refractivity contribution >= 4 is 40.0 Å². The number of halogens is 1. The second kappa shape index (κ2) is 7.08. The third-order valence-electron chi connectivity index (χ3n) is 4.93. The summed E-state index contributed by atoms with van der Waals surface area (Å²) in [7, 11) is 0. The van der Waals surface area contributed by atoms with Gasteiger partial charge in [0.25, 0.3) is 5.91 Å². The monoisotopic (exact) mass is 381 g/mol. The second-order valence-corrected chi connectivity index (χ2v) is 7.29. The lowest BCUT2D eigenvalue weighted by molar-refractivity contribution is -0.117. The van der Waals surface area contributed by atoms with Crippen LogP contribution in [0.1, 0.15) is 41.9 Å². The number of hydrogen-bond donors (Lipinski definition) is 2. The average Bonchev–Trinajstić information content (AvgIpc) is 3.27. The molecule has 2 aromatic carbocycles. The van der Waals surface area contributed by atoms with Gasteiger partial charge in [0.15, 0.2) is 0 Å². The number of benzene rings is 2. The SMILES string of the molecule is CC(NC(=O)c1cc2cc(Cl)ccc2[nH]1)c1cccc(N2CCCC2=O)c1. The highest BCUT2D eigenvalue weighted by molar-refractivity contribution is 6.31. The van der Waals surface area contributed by atoms with E-state index in [-0.39, 0.29) is 17.9 Å². The summed E-state index contributed by atoms with van der Waals surface area (Å²) in [5.74, 6) is -0.0296. The Morgan fingerprint density at radius 1 is 1.22 bits per heavy atom. The third kappa shape index (κ3) is 3.55. The number of carbonyl (C=O) groups is 2. The lowest BCUT2D eigenvalue weighted by atomic mass is 10.1. The quantitative estimate of drug-likeness (QED) is 0.701. The molecule has 27 heavy (non-hydrogen) atoms. The first-order valence-electron chi connectivity index (χ1n) is 9.01. The van der Waals surface area contributed by atoms with Crippen molar-refractivity contribution < 1.29 is 9.59 Å². The number of carbonyl (C=O) groups excluding carboxylic acids is 2. The van der Waals surface area contributed by atoms with Crippen LogP contribution in [0.2, 0.25) is 5.02 Å². The zero-order chi connectivity index (χ0) is 19.0. The van der Waals surface area contributed by atoms with Gasteiger partial charge in [-0.05, 0) is 55.3 Å². The van der Waals surface area contributed by atoms with Crippen molar-refractivity contribution in [3.8, 4) is 0 Å². The molecule has 2 heterocycles. The highest BCUT2D eigenvalue weighted by atomic mass is 35.5. The molecule has 1 aromatic heterocycles. The van der Waals surface area contributed by atoms with E-state index >= 15 is 0 Å². The van der Waals surface area contributed by atoms with Crippen molar-refractivity contribution in [1.82, 2.24) is 10.3 Å². The summed E-state index contributed by atoms with van der Waals surface area (Å²) >= 11 is 6.01. The van der Waals surface area contributed by atoms with Crippen molar-refractivity contribution in [3.05, 3.63) is 64.8 Å². The van der Waals surface area contributed by atoms with Crippen LogP contribution in [0, 0.1) is 0 Å². The maximum atomic E-state index is 12.6. The maximum absolute atomic E-state index is 12.6. The standard InChI is InChI=1S/C21H20ClN3O2/c1-13(14-4-2-5-17(11-14)25-9-3-6-20(25)26)23-21(27)19-12-15-10-16(22)7-8-18(15)24-19/h2,4-5,7-8,10-13,24H,3,6,9H2,1H3,(H,23,27). The van der Waals surface area contributed by atoms with Gasteiger partial charge in [-0.25, -0.2) is 0 Å². The van der Waals surface area contributed by atoms with Crippen LogP contribution in [0.15, 0.2) is 48.5 Å². The number of rotatable bonds is 4. The Morgan fingerprint density at radius 3 is 2.85 bits per heavy atom. The number of aromatic amines is 1. The maximum Gasteiger partial charge on any atom is 0.268 e. The van der Waals surface area contributed by atoms with E-state index in [1.807, 2.05) is 43.3 Å². The molecule has 138 valence electrons. The highest BCUT2D eigenvalue weighted by Gasteiger charge is 2.22. The second-order valence-electron chi connectivity index (χ2n) is 6.85. The van der Waals surface area contributed by atoms with Crippen molar-refractivity contribution in [2.75, 3.05) is 11.4 Å². The van der Waals surface area contributed by atoms with Crippen molar-refractivity contribution in [2.45, 2.75) is 25.8 Å². The summed E-state index contributed by atoms with van der Waals surface area (Å²) < 4.78 is 0. The first-order valence-corrected chi connectivity index (χ1v) is 9.38. The first kappa shape index (κ1) is 17.6. The lowest BCUT2D eigenvalue weighted by Crippen LogP contribution is -2.27. The minimum atomic E-state index is -0.190. The van der Waals surface area contributed by atoms with Crippen LogP contribution < -0.4 is 10.2 Å². The number of nitrogens with zero attached hydrogens (tertiary/aromatic N) is 1. The Bertz CT molecular complexity index is 1030. The molecular formula is C21H20ClN3O2. The number of hydrogen-bond acceptors (Lipinski definition) is 2. The molecule has 0 spiro atoms. The molecule has 5 nitrogen and oxygen atoms in total. The van der Waals surface area contributed by atoms with E-state index in [1.165, 1.54) is 0 Å². The molecule has 2 N–H and O–H groups in total. The van der Waals surface area contributed by atoms with Crippen LogP contribution in [0.4, 0.5) is 5.69 Å². The van der Waals surface area contributed by atoms with Gasteiger partial charge in [0.05, 0.1) is 6.04 Å². The summed E-state index contributed by atoms with van der Waals surface area (Å²) in [6.45, 7) is 2.68. The molecule has 6 heteroatoms. The van der Waals surface area contributed by atoms with Gasteiger partial charge in [0.2, 0.25) is 5.91 Å². The van der Waals surface area contributed by atoms with Crippen LogP contribution in [-0.4, -0.2) is 23.3 Å². The minimum Gasteiger partial charge on any atom is -0.351 e. The van der Waals surface area contributed by atoms with Crippen molar-refractivity contribution in [3.63, 3.8) is 0 Å². The Balaban J connectivity index is 1.51. The fourth-order valence-corrected chi connectivity index (χ4v) is 3.65. The van der Waals surface area contributed by atoms with Crippen LogP contribution in [0.25, 0.3) is 10.9 Å². The summed E-state index contributed by atoms with van der Waals surface area (Å²) in [6, 6.07) is 14.9. The predicted molar refractivity (Wildman–Crippen MR) is 107 cm³/mol. The molecule has 3 aromatic rings. The molecule has 0 radical (unpaired) electrons. The van der Waals surface area contributed by atoms with E-state index in [1.54, 1.807) is 17.0 Å². The van der Waals surface area contributed by atoms with E-state index in [2.05, 4.69) is 10.3 Å². The van der Waals surface area contributed by atoms with Crippen LogP contribution >= 0.6 is 11.6 Å². The van der Waals surface area contributed by atoms with Gasteiger partial charge in [-0.15, -0.1) is 0 Å². The molecule has 1 fully saturated rings. The van der Waals surface area contributed by atoms with Crippen LogP contribution in [0.5, 0.6) is 0 Å². The average molecular weight is 382 g/mol. The van der Waals surface area contributed by atoms with Gasteiger partial charge >= 0.3 is 0 Å². The third-order valence-corrected chi connectivity index (χ3v) is 5.17. The van der Waals surface area contributed by atoms with Crippen molar-refractivity contribution in [2.24, 2.45) is 0 Å². The van der Waals surface area contributed by atoms with E-state index in [0.29, 0.717) is 17.1 Å². The Morgan fingerprint density at radius 2 is 2.07 bits per heavy atom. The summed E-state index contributed by atoms with van der Waals surface area (Å²) in [5.41, 5.74) is 3.20. The van der Waals surface area contributed by atoms with Gasteiger partial charge < -0.3 is 15.2 Å². The minimum absolute atomic E-state index is 0.153. The number of fused-ring (bicyclic) bond motifs is 1. The summed E-state index contributed by atoms with van der Waals surface area (Å²) in [4.78, 5) is 29.5. The largest absolute Gasteiger partial charge is 0.351 e. The molecule has 0 saturated carbocycles. The topological polar surface area (TPSA) is 65.2 Å². The molecule has 2 amide bonds. The summed E-state index contributed by atoms with van der Waals surface area (Å²) in [5, 5.41) is 4.54. The number of nitrogens with one attached hydrogen (secondary N) is 2. The Hall–Kier alpha value is -2.79. The number of H-pyrrole nitrogens is 1. The van der Waals surface area contributed by atoms with Gasteiger partial charge in [0, 0.05) is 34.6 Å². The molecule has 1 atom stereocenters. The molecule has 0 aliphatic carbocycles. The molecule has 1 aliphatic rings. The van der Waals surface area contributed by atoms with Gasteiger partial charge in [-0.1, -0.05) is 23.7 Å². The van der Waals surface area contributed by atoms with Gasteiger partial charge in [-0.2, -0.15) is 0 Å². The zero-order valence-electron chi connectivity index (χ0n) is 15.0. The molecule has 1 aliphatic heterocycles. The fraction of sp³-hybridized carbons (Fsp3) is 0.238. The molecular weight excluding hydrogens is 362 g/mol. The predicted octanol–water partition coefficient (Wildman–Crippen LogP) is 4.44. The van der Waals surface area contributed by atoms with Crippen LogP contribution in [0.3, 0.4) is 0 Å². The first-order chi connectivity index (χ1) is 13.0. The lowest BCUT2D eigenvalue weighted by Gasteiger charge is -2.19. The molecule has 1 saturated heterocycles. The van der Waals surface area contributed by atoms with Crippen LogP contribution in [-0.2, 0) is 4.79 Å². The zero-order valence-corrected chi connectivity index (χ0v) is 15.7. The number of anilines is 1. The fourth-order valence-electron chi connectivity index (χ4n) is 3.47. The smallest absolute Gasteiger partial charge is 0.268 e. The van der Waals surface area contributed by atoms with E-state index < -0.39 is 0 Å². The number of amides is 2. The molecule has 1 unspecified atom stereocenters. The van der Waals surface area contributed by atoms with Gasteiger partial charge in [0.1, 0.15) is 5.69 Å². The number of aromatic nitrogens is 1. The van der Waals surface area contributed by atoms with E-state index in [9.17, 15) is 9.59 Å². The molecule has 0 bridgehead atoms. The Kier molecular flexibility index (Phi) is 4.62. The van der Waals surface area contributed by atoms with Gasteiger partial charge in [-0.3, -0.25) is 9.59 Å². The Labute approximate surface area is 162 Å².